The smallest absolute Gasteiger partial charge is 0.0306 e. The van der Waals surface area contributed by atoms with Crippen LogP contribution in [0.25, 0.3) is 0 Å². The van der Waals surface area contributed by atoms with E-state index in [1.54, 1.807) is 0 Å². The summed E-state index contributed by atoms with van der Waals surface area (Å²) in [6, 6.07) is 17.0. The third kappa shape index (κ3) is 3.67. The highest BCUT2D eigenvalue weighted by atomic mass is 79.9. The fraction of sp³-hybridized carbons (Fsp3) is 0.200. The molecule has 0 heterocycles. The average Bonchev–Trinajstić information content (AvgIpc) is 2.38. The number of hydrogen-bond donors (Lipinski definition) is 1. The number of rotatable bonds is 4. The summed E-state index contributed by atoms with van der Waals surface area (Å²) in [7, 11) is 0. The second-order valence-electron chi connectivity index (χ2n) is 4.25. The lowest BCUT2D eigenvalue weighted by Crippen LogP contribution is -2.18. The number of nitrogens with one attached hydrogen (secondary N) is 1. The zero-order chi connectivity index (χ0) is 13.0. The van der Waals surface area contributed by atoms with Gasteiger partial charge in [-0.2, -0.15) is 0 Å². The van der Waals surface area contributed by atoms with Crippen molar-refractivity contribution in [3.63, 3.8) is 0 Å². The van der Waals surface area contributed by atoms with Crippen molar-refractivity contribution in [3.05, 3.63) is 68.6 Å². The van der Waals surface area contributed by atoms with Crippen molar-refractivity contribution in [1.82, 2.24) is 5.32 Å². The molecule has 3 heteroatoms. The summed E-state index contributed by atoms with van der Waals surface area (Å²) in [5.74, 6) is 0. The van der Waals surface area contributed by atoms with E-state index in [2.05, 4.69) is 86.6 Å². The summed E-state index contributed by atoms with van der Waals surface area (Å²) in [5, 5.41) is 3.53. The van der Waals surface area contributed by atoms with Crippen LogP contribution in [0.1, 0.15) is 24.1 Å². The van der Waals surface area contributed by atoms with Crippen LogP contribution in [-0.2, 0) is 6.54 Å². The zero-order valence-electron chi connectivity index (χ0n) is 10.2. The van der Waals surface area contributed by atoms with Crippen molar-refractivity contribution in [2.75, 3.05) is 0 Å². The average molecular weight is 369 g/mol. The van der Waals surface area contributed by atoms with Gasteiger partial charge >= 0.3 is 0 Å². The topological polar surface area (TPSA) is 12.0 Å². The molecular weight excluding hydrogens is 354 g/mol. The van der Waals surface area contributed by atoms with E-state index in [0.29, 0.717) is 6.04 Å². The van der Waals surface area contributed by atoms with Crippen LogP contribution in [0.2, 0.25) is 0 Å². The molecule has 2 aromatic carbocycles. The van der Waals surface area contributed by atoms with Gasteiger partial charge in [0, 0.05) is 21.5 Å². The molecule has 0 aliphatic carbocycles. The molecule has 94 valence electrons. The van der Waals surface area contributed by atoms with Gasteiger partial charge in [-0.05, 0) is 36.2 Å². The molecule has 2 rings (SSSR count). The van der Waals surface area contributed by atoms with Crippen LogP contribution in [0.4, 0.5) is 0 Å². The van der Waals surface area contributed by atoms with Crippen molar-refractivity contribution < 1.29 is 0 Å². The summed E-state index contributed by atoms with van der Waals surface area (Å²) < 4.78 is 2.27. The van der Waals surface area contributed by atoms with Gasteiger partial charge in [-0.15, -0.1) is 0 Å². The lowest BCUT2D eigenvalue weighted by atomic mass is 10.1. The van der Waals surface area contributed by atoms with E-state index in [1.807, 2.05) is 6.07 Å². The van der Waals surface area contributed by atoms with Crippen molar-refractivity contribution in [2.45, 2.75) is 19.5 Å². The van der Waals surface area contributed by atoms with Crippen LogP contribution in [0.15, 0.2) is 57.5 Å². The minimum absolute atomic E-state index is 0.323. The second kappa shape index (κ2) is 6.50. The van der Waals surface area contributed by atoms with E-state index < -0.39 is 0 Å². The Morgan fingerprint density at radius 2 is 1.67 bits per heavy atom. The Balaban J connectivity index is 1.98. The fourth-order valence-electron chi connectivity index (χ4n) is 1.81. The van der Waals surface area contributed by atoms with Gasteiger partial charge in [0.15, 0.2) is 0 Å². The third-order valence-electron chi connectivity index (χ3n) is 2.90. The number of benzene rings is 2. The fourth-order valence-corrected chi connectivity index (χ4v) is 2.70. The first-order chi connectivity index (χ1) is 8.66. The largest absolute Gasteiger partial charge is 0.306 e. The third-order valence-corrected chi connectivity index (χ3v) is 4.15. The molecule has 0 radical (unpaired) electrons. The van der Waals surface area contributed by atoms with Crippen LogP contribution in [0.5, 0.6) is 0 Å². The van der Waals surface area contributed by atoms with Crippen molar-refractivity contribution in [1.29, 1.82) is 0 Å². The zero-order valence-corrected chi connectivity index (χ0v) is 13.3. The van der Waals surface area contributed by atoms with Crippen LogP contribution >= 0.6 is 31.9 Å². The van der Waals surface area contributed by atoms with Crippen molar-refractivity contribution >= 4 is 31.9 Å². The first-order valence-electron chi connectivity index (χ1n) is 5.89. The summed E-state index contributed by atoms with van der Waals surface area (Å²) in [6.45, 7) is 3.05. The van der Waals surface area contributed by atoms with Crippen molar-refractivity contribution in [2.24, 2.45) is 0 Å². The van der Waals surface area contributed by atoms with Crippen LogP contribution < -0.4 is 5.32 Å². The van der Waals surface area contributed by atoms with Crippen molar-refractivity contribution in [3.8, 4) is 0 Å². The Bertz CT molecular complexity index is 508. The van der Waals surface area contributed by atoms with E-state index in [4.69, 9.17) is 0 Å². The minimum Gasteiger partial charge on any atom is -0.306 e. The maximum atomic E-state index is 3.59. The molecule has 0 saturated heterocycles. The van der Waals surface area contributed by atoms with Gasteiger partial charge < -0.3 is 5.32 Å². The summed E-state index contributed by atoms with van der Waals surface area (Å²) in [4.78, 5) is 0. The molecule has 0 spiro atoms. The molecule has 0 aliphatic heterocycles. The van der Waals surface area contributed by atoms with Gasteiger partial charge in [-0.25, -0.2) is 0 Å². The molecule has 2 aromatic rings. The highest BCUT2D eigenvalue weighted by Gasteiger charge is 2.07. The maximum Gasteiger partial charge on any atom is 0.0306 e. The molecule has 0 fully saturated rings. The molecule has 18 heavy (non-hydrogen) atoms. The summed E-state index contributed by atoms with van der Waals surface area (Å²) in [6.07, 6.45) is 0. The number of hydrogen-bond acceptors (Lipinski definition) is 1. The van der Waals surface area contributed by atoms with E-state index in [0.717, 1.165) is 15.5 Å². The molecule has 0 unspecified atom stereocenters. The van der Waals surface area contributed by atoms with Gasteiger partial charge in [0.05, 0.1) is 0 Å². The summed E-state index contributed by atoms with van der Waals surface area (Å²) in [5.41, 5.74) is 2.58. The molecule has 1 atom stereocenters. The monoisotopic (exact) mass is 367 g/mol. The first-order valence-corrected chi connectivity index (χ1v) is 7.47. The lowest BCUT2D eigenvalue weighted by molar-refractivity contribution is 0.573. The molecular formula is C15H15Br2N. The second-order valence-corrected chi connectivity index (χ2v) is 6.02. The quantitative estimate of drug-likeness (QED) is 0.794. The predicted octanol–water partition coefficient (Wildman–Crippen LogP) is 5.06. The molecule has 1 nitrogen and oxygen atoms in total. The van der Waals surface area contributed by atoms with Crippen LogP contribution in [0.3, 0.4) is 0 Å². The minimum atomic E-state index is 0.323. The molecule has 0 saturated carbocycles. The Labute approximate surface area is 125 Å². The maximum absolute atomic E-state index is 3.59. The predicted molar refractivity (Wildman–Crippen MR) is 83.5 cm³/mol. The van der Waals surface area contributed by atoms with Crippen LogP contribution in [0, 0.1) is 0 Å². The lowest BCUT2D eigenvalue weighted by Gasteiger charge is -2.15. The number of halogens is 2. The standard InChI is InChI=1S/C15H15Br2N/c1-11(14-4-2-3-5-15(14)17)18-10-12-6-8-13(16)9-7-12/h2-9,11,18H,10H2,1H3/t11-/m1/s1. The van der Waals surface area contributed by atoms with E-state index in [1.165, 1.54) is 11.1 Å². The Kier molecular flexibility index (Phi) is 4.98. The van der Waals surface area contributed by atoms with Gasteiger partial charge in [0.1, 0.15) is 0 Å². The normalized spacial score (nSPS) is 12.4. The Hall–Kier alpha value is -0.640. The summed E-state index contributed by atoms with van der Waals surface area (Å²) >= 11 is 7.03. The molecule has 1 N–H and O–H groups in total. The molecule has 0 amide bonds. The SMILES string of the molecule is C[C@@H](NCc1ccc(Br)cc1)c1ccccc1Br. The first kappa shape index (κ1) is 13.8. The Morgan fingerprint density at radius 3 is 2.33 bits per heavy atom. The molecule has 0 bridgehead atoms. The highest BCUT2D eigenvalue weighted by Crippen LogP contribution is 2.23. The van der Waals surface area contributed by atoms with Gasteiger partial charge in [0.25, 0.3) is 0 Å². The van der Waals surface area contributed by atoms with Gasteiger partial charge in [-0.1, -0.05) is 62.2 Å². The molecule has 0 aliphatic rings. The van der Waals surface area contributed by atoms with E-state index in [9.17, 15) is 0 Å². The van der Waals surface area contributed by atoms with Gasteiger partial charge in [-0.3, -0.25) is 0 Å². The van der Waals surface area contributed by atoms with E-state index in [-0.39, 0.29) is 0 Å². The molecule has 0 aromatic heterocycles. The Morgan fingerprint density at radius 1 is 1.00 bits per heavy atom. The van der Waals surface area contributed by atoms with Gasteiger partial charge in [0.2, 0.25) is 0 Å². The van der Waals surface area contributed by atoms with Crippen LogP contribution in [-0.4, -0.2) is 0 Å². The highest BCUT2D eigenvalue weighted by molar-refractivity contribution is 9.10. The van der Waals surface area contributed by atoms with E-state index >= 15 is 0 Å².